The Morgan fingerprint density at radius 1 is 0.974 bits per heavy atom. The second-order valence-corrected chi connectivity index (χ2v) is 8.11. The van der Waals surface area contributed by atoms with Crippen LogP contribution in [0.15, 0.2) is 72.3 Å². The van der Waals surface area contributed by atoms with Crippen LogP contribution in [-0.4, -0.2) is 44.1 Å². The topological polar surface area (TPSA) is 123 Å². The number of imide groups is 2. The first-order valence-corrected chi connectivity index (χ1v) is 11.8. The number of para-hydroxylation sites is 2. The number of barbiturate groups is 1. The number of anilines is 2. The summed E-state index contributed by atoms with van der Waals surface area (Å²) >= 11 is 0. The van der Waals surface area contributed by atoms with Crippen LogP contribution in [-0.2, 0) is 14.4 Å². The van der Waals surface area contributed by atoms with Gasteiger partial charge in [-0.05, 0) is 67.1 Å². The highest BCUT2D eigenvalue weighted by Crippen LogP contribution is 2.31. The van der Waals surface area contributed by atoms with Gasteiger partial charge < -0.3 is 19.5 Å². The minimum absolute atomic E-state index is 0.0995. The van der Waals surface area contributed by atoms with Gasteiger partial charge in [-0.15, -0.1) is 0 Å². The molecule has 0 bridgehead atoms. The Morgan fingerprint density at radius 3 is 2.44 bits per heavy atom. The molecule has 200 valence electrons. The third-order valence-electron chi connectivity index (χ3n) is 5.50. The molecule has 0 aromatic heterocycles. The van der Waals surface area contributed by atoms with E-state index in [-0.39, 0.29) is 36.0 Å². The predicted molar refractivity (Wildman–Crippen MR) is 140 cm³/mol. The van der Waals surface area contributed by atoms with Gasteiger partial charge in [-0.2, -0.15) is 0 Å². The lowest BCUT2D eigenvalue weighted by Crippen LogP contribution is -2.54. The average molecular weight is 534 g/mol. The summed E-state index contributed by atoms with van der Waals surface area (Å²) in [6.45, 7) is 1.71. The van der Waals surface area contributed by atoms with Gasteiger partial charge in [-0.25, -0.2) is 14.1 Å². The monoisotopic (exact) mass is 533 g/mol. The van der Waals surface area contributed by atoms with Crippen LogP contribution in [0.3, 0.4) is 0 Å². The predicted octanol–water partition coefficient (Wildman–Crippen LogP) is 3.92. The van der Waals surface area contributed by atoms with Crippen LogP contribution in [0.2, 0.25) is 0 Å². The summed E-state index contributed by atoms with van der Waals surface area (Å²) < 4.78 is 29.8. The molecule has 1 heterocycles. The van der Waals surface area contributed by atoms with E-state index in [1.807, 2.05) is 0 Å². The third kappa shape index (κ3) is 6.21. The van der Waals surface area contributed by atoms with E-state index in [1.54, 1.807) is 37.3 Å². The summed E-state index contributed by atoms with van der Waals surface area (Å²) in [5.41, 5.74) is 0.675. The summed E-state index contributed by atoms with van der Waals surface area (Å²) in [5.74, 6) is -1.69. The normalized spacial score (nSPS) is 14.2. The molecule has 0 aliphatic carbocycles. The van der Waals surface area contributed by atoms with E-state index < -0.39 is 29.6 Å². The van der Waals surface area contributed by atoms with Crippen molar-refractivity contribution in [3.63, 3.8) is 0 Å². The number of urea groups is 1. The van der Waals surface area contributed by atoms with Gasteiger partial charge in [0, 0.05) is 0 Å². The van der Waals surface area contributed by atoms with Gasteiger partial charge in [-0.3, -0.25) is 19.7 Å². The number of nitrogens with one attached hydrogen (secondary N) is 2. The van der Waals surface area contributed by atoms with Crippen LogP contribution in [0.5, 0.6) is 17.2 Å². The molecule has 0 saturated carbocycles. The van der Waals surface area contributed by atoms with Crippen LogP contribution in [0.4, 0.5) is 20.6 Å². The Balaban J connectivity index is 1.53. The Bertz CT molecular complexity index is 1450. The zero-order valence-corrected chi connectivity index (χ0v) is 21.0. The molecule has 1 fully saturated rings. The molecule has 39 heavy (non-hydrogen) atoms. The van der Waals surface area contributed by atoms with E-state index in [2.05, 4.69) is 10.6 Å². The maximum atomic E-state index is 13.3. The lowest BCUT2D eigenvalue weighted by molar-refractivity contribution is -0.122. The molecule has 0 atom stereocenters. The number of benzene rings is 3. The third-order valence-corrected chi connectivity index (χ3v) is 5.50. The molecular weight excluding hydrogens is 509 g/mol. The molecular formula is C28H24FN3O7. The molecule has 0 unspecified atom stereocenters. The van der Waals surface area contributed by atoms with E-state index in [1.165, 1.54) is 37.5 Å². The van der Waals surface area contributed by atoms with Crippen LogP contribution in [0.1, 0.15) is 12.5 Å². The van der Waals surface area contributed by atoms with Crippen LogP contribution >= 0.6 is 0 Å². The molecule has 1 saturated heterocycles. The number of rotatable bonds is 9. The quantitative estimate of drug-likeness (QED) is 0.316. The molecule has 5 amide bonds. The van der Waals surface area contributed by atoms with Gasteiger partial charge >= 0.3 is 6.03 Å². The first-order chi connectivity index (χ1) is 18.8. The van der Waals surface area contributed by atoms with Crippen molar-refractivity contribution < 1.29 is 37.8 Å². The fourth-order valence-corrected chi connectivity index (χ4v) is 3.73. The van der Waals surface area contributed by atoms with Crippen LogP contribution in [0, 0.1) is 5.82 Å². The van der Waals surface area contributed by atoms with Crippen molar-refractivity contribution in [2.75, 3.05) is 30.5 Å². The van der Waals surface area contributed by atoms with Crippen molar-refractivity contribution >= 4 is 41.2 Å². The zero-order chi connectivity index (χ0) is 27.9. The van der Waals surface area contributed by atoms with Crippen molar-refractivity contribution in [1.82, 2.24) is 5.32 Å². The number of ether oxygens (including phenoxy) is 3. The molecule has 4 rings (SSSR count). The lowest BCUT2D eigenvalue weighted by Gasteiger charge is -2.26. The van der Waals surface area contributed by atoms with Crippen molar-refractivity contribution in [2.24, 2.45) is 0 Å². The SMILES string of the molecule is CCOc1cc(/C=C2\C(=O)NC(=O)N(c3ccc(F)cc3)C2=O)ccc1OCC(=O)Nc1ccccc1OC. The molecule has 11 heteroatoms. The van der Waals surface area contributed by atoms with Gasteiger partial charge in [-0.1, -0.05) is 18.2 Å². The Hall–Kier alpha value is -5.19. The average Bonchev–Trinajstić information content (AvgIpc) is 2.92. The number of carbonyl (C=O) groups is 4. The van der Waals surface area contributed by atoms with Gasteiger partial charge in [0.15, 0.2) is 18.1 Å². The van der Waals surface area contributed by atoms with E-state index in [4.69, 9.17) is 14.2 Å². The number of halogens is 1. The second-order valence-electron chi connectivity index (χ2n) is 8.11. The highest BCUT2D eigenvalue weighted by Gasteiger charge is 2.36. The maximum absolute atomic E-state index is 13.3. The largest absolute Gasteiger partial charge is 0.495 e. The zero-order valence-electron chi connectivity index (χ0n) is 21.0. The number of carbonyl (C=O) groups excluding carboxylic acids is 4. The number of hydrogen-bond donors (Lipinski definition) is 2. The van der Waals surface area contributed by atoms with Gasteiger partial charge in [0.2, 0.25) is 0 Å². The van der Waals surface area contributed by atoms with Crippen molar-refractivity contribution in [3.8, 4) is 17.2 Å². The Morgan fingerprint density at radius 2 is 1.72 bits per heavy atom. The summed E-state index contributed by atoms with van der Waals surface area (Å²) in [6.07, 6.45) is 1.29. The van der Waals surface area contributed by atoms with Crippen molar-refractivity contribution in [2.45, 2.75) is 6.92 Å². The van der Waals surface area contributed by atoms with Crippen molar-refractivity contribution in [1.29, 1.82) is 0 Å². The molecule has 3 aromatic rings. The first-order valence-electron chi connectivity index (χ1n) is 11.8. The minimum atomic E-state index is -0.945. The maximum Gasteiger partial charge on any atom is 0.335 e. The van der Waals surface area contributed by atoms with Gasteiger partial charge in [0.05, 0.1) is 25.1 Å². The summed E-state index contributed by atoms with van der Waals surface area (Å²) in [4.78, 5) is 51.1. The fraction of sp³-hybridized carbons (Fsp3) is 0.143. The highest BCUT2D eigenvalue weighted by atomic mass is 19.1. The number of methoxy groups -OCH3 is 1. The number of amides is 5. The molecule has 10 nitrogen and oxygen atoms in total. The number of nitrogens with zero attached hydrogens (tertiary/aromatic N) is 1. The second kappa shape index (κ2) is 11.9. The first kappa shape index (κ1) is 26.9. The Kier molecular flexibility index (Phi) is 8.20. The molecule has 1 aliphatic heterocycles. The summed E-state index contributed by atoms with van der Waals surface area (Å²) in [7, 11) is 1.50. The van der Waals surface area contributed by atoms with E-state index >= 15 is 0 Å². The van der Waals surface area contributed by atoms with E-state index in [0.717, 1.165) is 17.0 Å². The molecule has 1 aliphatic rings. The minimum Gasteiger partial charge on any atom is -0.495 e. The van der Waals surface area contributed by atoms with Gasteiger partial charge in [0.1, 0.15) is 17.1 Å². The van der Waals surface area contributed by atoms with Crippen LogP contribution < -0.4 is 29.7 Å². The molecule has 3 aromatic carbocycles. The van der Waals surface area contributed by atoms with Gasteiger partial charge in [0.25, 0.3) is 17.7 Å². The Labute approximate surface area is 223 Å². The highest BCUT2D eigenvalue weighted by molar-refractivity contribution is 6.39. The molecule has 0 radical (unpaired) electrons. The molecule has 2 N–H and O–H groups in total. The van der Waals surface area contributed by atoms with E-state index in [9.17, 15) is 23.6 Å². The standard InChI is InChI=1S/C28H24FN3O7/c1-3-38-24-15-17(8-13-23(24)39-16-25(33)30-21-6-4-5-7-22(21)37-2)14-20-26(34)31-28(36)32(27(20)35)19-11-9-18(29)10-12-19/h4-15H,3,16H2,1-2H3,(H,30,33)(H,31,34,36)/b20-14+. The summed E-state index contributed by atoms with van der Waals surface area (Å²) in [5, 5.41) is 4.82. The number of hydrogen-bond acceptors (Lipinski definition) is 7. The fourth-order valence-electron chi connectivity index (χ4n) is 3.73. The van der Waals surface area contributed by atoms with Crippen LogP contribution in [0.25, 0.3) is 6.08 Å². The van der Waals surface area contributed by atoms with Crippen molar-refractivity contribution in [3.05, 3.63) is 83.7 Å². The smallest absolute Gasteiger partial charge is 0.335 e. The van der Waals surface area contributed by atoms with E-state index in [0.29, 0.717) is 17.0 Å². The lowest BCUT2D eigenvalue weighted by atomic mass is 10.1. The molecule has 0 spiro atoms. The summed E-state index contributed by atoms with van der Waals surface area (Å²) in [6, 6.07) is 15.3.